The van der Waals surface area contributed by atoms with Gasteiger partial charge in [0.25, 0.3) is 0 Å². The molecule has 1 unspecified atom stereocenters. The van der Waals surface area contributed by atoms with E-state index < -0.39 is 18.1 Å². The lowest BCUT2D eigenvalue weighted by Gasteiger charge is -2.31. The lowest BCUT2D eigenvalue weighted by molar-refractivity contribution is -0.192. The minimum absolute atomic E-state index is 0.0340. The van der Waals surface area contributed by atoms with Crippen LogP contribution in [0.5, 0.6) is 11.5 Å². The van der Waals surface area contributed by atoms with Gasteiger partial charge in [0.2, 0.25) is 5.91 Å². The van der Waals surface area contributed by atoms with Crippen LogP contribution in [0.2, 0.25) is 5.02 Å². The first-order valence-electron chi connectivity index (χ1n) is 9.43. The highest BCUT2D eigenvalue weighted by atomic mass is 35.5. The predicted molar refractivity (Wildman–Crippen MR) is 116 cm³/mol. The Bertz CT molecular complexity index is 987. The number of carbonyl (C=O) groups is 3. The number of halogens is 4. The van der Waals surface area contributed by atoms with Crippen LogP contribution >= 0.6 is 23.4 Å². The van der Waals surface area contributed by atoms with Gasteiger partial charge >= 0.3 is 18.1 Å². The fourth-order valence-corrected chi connectivity index (χ4v) is 4.06. The molecule has 1 aliphatic heterocycles. The van der Waals surface area contributed by atoms with Gasteiger partial charge in [0, 0.05) is 18.8 Å². The third-order valence-corrected chi connectivity index (χ3v) is 5.80. The number of benzene rings is 2. The summed E-state index contributed by atoms with van der Waals surface area (Å²) in [4.78, 5) is 33.9. The van der Waals surface area contributed by atoms with Crippen molar-refractivity contribution in [3.63, 3.8) is 0 Å². The minimum Gasteiger partial charge on any atom is -0.481 e. The van der Waals surface area contributed by atoms with E-state index in [9.17, 15) is 22.8 Å². The van der Waals surface area contributed by atoms with Crippen LogP contribution in [-0.2, 0) is 14.4 Å². The lowest BCUT2D eigenvalue weighted by atomic mass is 10.1. The van der Waals surface area contributed by atoms with E-state index in [1.165, 1.54) is 0 Å². The number of carboxylic acids is 2. The van der Waals surface area contributed by atoms with Gasteiger partial charge in [-0.05, 0) is 29.8 Å². The Hall–Kier alpha value is -2.92. The largest absolute Gasteiger partial charge is 0.490 e. The van der Waals surface area contributed by atoms with Crippen LogP contribution in [-0.4, -0.2) is 58.0 Å². The van der Waals surface area contributed by atoms with Gasteiger partial charge in [-0.25, -0.2) is 4.79 Å². The average molecular weight is 506 g/mol. The summed E-state index contributed by atoms with van der Waals surface area (Å²) in [6, 6.07) is 14.6. The number of amides is 1. The van der Waals surface area contributed by atoms with Crippen molar-refractivity contribution in [2.24, 2.45) is 0 Å². The number of ether oxygens (including phenoxy) is 1. The summed E-state index contributed by atoms with van der Waals surface area (Å²) in [6.45, 7) is 0.833. The van der Waals surface area contributed by atoms with Crippen LogP contribution in [0.3, 0.4) is 0 Å². The monoisotopic (exact) mass is 505 g/mol. The van der Waals surface area contributed by atoms with Crippen LogP contribution < -0.4 is 4.74 Å². The number of rotatable bonds is 6. The number of alkyl halides is 3. The van der Waals surface area contributed by atoms with Crippen molar-refractivity contribution in [1.29, 1.82) is 0 Å². The number of thioether (sulfide) groups is 1. The quantitative estimate of drug-likeness (QED) is 0.578. The molecule has 2 aromatic rings. The topological polar surface area (TPSA) is 104 Å². The average Bonchev–Trinajstić information content (AvgIpc) is 2.75. The molecule has 0 bridgehead atoms. The van der Waals surface area contributed by atoms with Crippen molar-refractivity contribution in [3.05, 3.63) is 59.1 Å². The molecule has 7 nitrogen and oxygen atoms in total. The molecular formula is C21H19ClF3NO6S. The summed E-state index contributed by atoms with van der Waals surface area (Å²) in [5, 5.41) is 16.2. The van der Waals surface area contributed by atoms with Crippen LogP contribution in [0.1, 0.15) is 17.2 Å². The number of hydrogen-bond acceptors (Lipinski definition) is 5. The lowest BCUT2D eigenvalue weighted by Crippen LogP contribution is -2.41. The maximum Gasteiger partial charge on any atom is 0.490 e. The molecule has 0 saturated carbocycles. The standard InChI is InChI=1S/C19H18ClNO4S.C2HF3O2/c20-15-3-1-2-4-16(15)25-14-7-5-13(6-8-14)18-19(24)21(11-12-26-18)10-9-17(22)23;3-2(4,5)1(6)7/h1-8,18H,9-12H2,(H,22,23);(H,6,7). The first-order chi connectivity index (χ1) is 15.5. The predicted octanol–water partition coefficient (Wildman–Crippen LogP) is 4.86. The molecule has 2 N–H and O–H groups in total. The highest BCUT2D eigenvalue weighted by Gasteiger charge is 2.38. The molecule has 0 aromatic heterocycles. The van der Waals surface area contributed by atoms with E-state index in [2.05, 4.69) is 0 Å². The van der Waals surface area contributed by atoms with Gasteiger partial charge in [0.1, 0.15) is 16.7 Å². The molecule has 178 valence electrons. The summed E-state index contributed by atoms with van der Waals surface area (Å²) in [6.07, 6.45) is -5.12. The maximum atomic E-state index is 12.6. The zero-order chi connectivity index (χ0) is 24.6. The smallest absolute Gasteiger partial charge is 0.481 e. The number of para-hydroxylation sites is 1. The van der Waals surface area contributed by atoms with Gasteiger partial charge in [-0.2, -0.15) is 13.2 Å². The van der Waals surface area contributed by atoms with Gasteiger partial charge in [0.15, 0.2) is 0 Å². The fourth-order valence-electron chi connectivity index (χ4n) is 2.68. The SMILES string of the molecule is O=C(O)C(F)(F)F.O=C(O)CCN1CCSC(c2ccc(Oc3ccccc3Cl)cc2)C1=O. The zero-order valence-corrected chi connectivity index (χ0v) is 18.5. The van der Waals surface area contributed by atoms with E-state index in [1.807, 2.05) is 36.4 Å². The molecule has 12 heteroatoms. The van der Waals surface area contributed by atoms with Crippen molar-refractivity contribution in [2.75, 3.05) is 18.8 Å². The second-order valence-electron chi connectivity index (χ2n) is 6.62. The molecule has 1 aliphatic rings. The second-order valence-corrected chi connectivity index (χ2v) is 8.24. The highest BCUT2D eigenvalue weighted by Crippen LogP contribution is 2.36. The van der Waals surface area contributed by atoms with Crippen molar-refractivity contribution in [3.8, 4) is 11.5 Å². The van der Waals surface area contributed by atoms with E-state index in [1.54, 1.807) is 28.8 Å². The maximum absolute atomic E-state index is 12.6. The second kappa shape index (κ2) is 11.8. The van der Waals surface area contributed by atoms with Crippen molar-refractivity contribution in [1.82, 2.24) is 4.90 Å². The minimum atomic E-state index is -5.08. The van der Waals surface area contributed by atoms with Gasteiger partial charge in [-0.1, -0.05) is 35.9 Å². The van der Waals surface area contributed by atoms with Crippen LogP contribution in [0.4, 0.5) is 13.2 Å². The molecular weight excluding hydrogens is 487 g/mol. The normalized spacial score (nSPS) is 15.9. The third-order valence-electron chi connectivity index (χ3n) is 4.27. The Labute approximate surface area is 196 Å². The first-order valence-corrected chi connectivity index (χ1v) is 10.9. The zero-order valence-electron chi connectivity index (χ0n) is 16.9. The Balaban J connectivity index is 0.000000479. The number of aliphatic carboxylic acids is 2. The molecule has 2 aromatic carbocycles. The molecule has 0 radical (unpaired) electrons. The van der Waals surface area contributed by atoms with Gasteiger partial charge in [0.05, 0.1) is 11.4 Å². The van der Waals surface area contributed by atoms with Crippen LogP contribution in [0.25, 0.3) is 0 Å². The molecule has 0 spiro atoms. The Morgan fingerprint density at radius 3 is 2.27 bits per heavy atom. The Kier molecular flexibility index (Phi) is 9.42. The van der Waals surface area contributed by atoms with E-state index in [-0.39, 0.29) is 24.1 Å². The molecule has 1 amide bonds. The van der Waals surface area contributed by atoms with Crippen molar-refractivity contribution in [2.45, 2.75) is 17.8 Å². The number of nitrogens with zero attached hydrogens (tertiary/aromatic N) is 1. The molecule has 3 rings (SSSR count). The van der Waals surface area contributed by atoms with E-state index in [0.717, 1.165) is 11.3 Å². The molecule has 33 heavy (non-hydrogen) atoms. The molecule has 0 aliphatic carbocycles. The Morgan fingerprint density at radius 2 is 1.73 bits per heavy atom. The summed E-state index contributed by atoms with van der Waals surface area (Å²) >= 11 is 7.67. The first kappa shape index (κ1) is 26.3. The molecule has 1 atom stereocenters. The van der Waals surface area contributed by atoms with Crippen LogP contribution in [0, 0.1) is 0 Å². The number of hydrogen-bond donors (Lipinski definition) is 2. The highest BCUT2D eigenvalue weighted by molar-refractivity contribution is 8.00. The summed E-state index contributed by atoms with van der Waals surface area (Å²) in [7, 11) is 0. The summed E-state index contributed by atoms with van der Waals surface area (Å²) in [5.41, 5.74) is 0.881. The van der Waals surface area contributed by atoms with Crippen molar-refractivity contribution >= 4 is 41.2 Å². The van der Waals surface area contributed by atoms with Crippen LogP contribution in [0.15, 0.2) is 48.5 Å². The van der Waals surface area contributed by atoms with E-state index >= 15 is 0 Å². The van der Waals surface area contributed by atoms with Crippen molar-refractivity contribution < 1.29 is 42.5 Å². The third kappa shape index (κ3) is 8.17. The van der Waals surface area contributed by atoms with Gasteiger partial charge < -0.3 is 19.8 Å². The Morgan fingerprint density at radius 1 is 1.12 bits per heavy atom. The summed E-state index contributed by atoms with van der Waals surface area (Å²) < 4.78 is 37.5. The van der Waals surface area contributed by atoms with Gasteiger partial charge in [-0.15, -0.1) is 11.8 Å². The summed E-state index contributed by atoms with van der Waals surface area (Å²) in [5.74, 6) is -1.69. The number of carboxylic acid groups (broad SMARTS) is 2. The van der Waals surface area contributed by atoms with Gasteiger partial charge in [-0.3, -0.25) is 9.59 Å². The number of carbonyl (C=O) groups excluding carboxylic acids is 1. The molecule has 1 heterocycles. The fraction of sp³-hybridized carbons (Fsp3) is 0.286. The molecule has 1 fully saturated rings. The van der Waals surface area contributed by atoms with E-state index in [4.69, 9.17) is 31.3 Å². The van der Waals surface area contributed by atoms with E-state index in [0.29, 0.717) is 23.1 Å². The molecule has 1 saturated heterocycles.